The fourth-order valence-electron chi connectivity index (χ4n) is 2.90. The number of aromatic nitrogens is 3. The standard InChI is InChI=1S/C17H23ClN6.HI/c1-19-17(20-9-8-13-5-4-6-14(18)11-13)21-12-16-23-22-15-7-2-3-10-24(15)16;/h4-6,11H,2-3,7-10,12H2,1H3,(H2,19,20,21);1H. The lowest BCUT2D eigenvalue weighted by atomic mass is 10.1. The summed E-state index contributed by atoms with van der Waals surface area (Å²) in [6, 6.07) is 7.92. The molecule has 0 fully saturated rings. The summed E-state index contributed by atoms with van der Waals surface area (Å²) < 4.78 is 2.22. The Morgan fingerprint density at radius 2 is 2.16 bits per heavy atom. The predicted octanol–water partition coefficient (Wildman–Crippen LogP) is 2.79. The largest absolute Gasteiger partial charge is 0.356 e. The van der Waals surface area contributed by atoms with Gasteiger partial charge in [-0.3, -0.25) is 4.99 Å². The summed E-state index contributed by atoms with van der Waals surface area (Å²) in [5.41, 5.74) is 1.21. The molecule has 0 bridgehead atoms. The summed E-state index contributed by atoms with van der Waals surface area (Å²) >= 11 is 6.01. The molecule has 2 aromatic rings. The zero-order chi connectivity index (χ0) is 16.8. The molecule has 0 unspecified atom stereocenters. The minimum Gasteiger partial charge on any atom is -0.356 e. The van der Waals surface area contributed by atoms with Gasteiger partial charge in [0.25, 0.3) is 0 Å². The van der Waals surface area contributed by atoms with Crippen LogP contribution in [0.15, 0.2) is 29.3 Å². The number of aryl methyl sites for hydroxylation is 1. The van der Waals surface area contributed by atoms with Crippen LogP contribution < -0.4 is 10.6 Å². The summed E-state index contributed by atoms with van der Waals surface area (Å²) in [5, 5.41) is 16.0. The minimum atomic E-state index is 0. The molecule has 1 aromatic carbocycles. The molecule has 0 amide bonds. The Hall–Kier alpha value is -1.35. The minimum absolute atomic E-state index is 0. The van der Waals surface area contributed by atoms with Gasteiger partial charge in [0.1, 0.15) is 5.82 Å². The van der Waals surface area contributed by atoms with Crippen molar-refractivity contribution in [1.29, 1.82) is 0 Å². The molecular formula is C17H24ClIN6. The average molecular weight is 475 g/mol. The van der Waals surface area contributed by atoms with E-state index in [-0.39, 0.29) is 24.0 Å². The van der Waals surface area contributed by atoms with Gasteiger partial charge in [0, 0.05) is 31.6 Å². The van der Waals surface area contributed by atoms with Crippen LogP contribution in [0.1, 0.15) is 30.1 Å². The first kappa shape index (κ1) is 20.0. The summed E-state index contributed by atoms with van der Waals surface area (Å²) in [4.78, 5) is 4.26. The molecule has 25 heavy (non-hydrogen) atoms. The van der Waals surface area contributed by atoms with Crippen LogP contribution in [0.25, 0.3) is 0 Å². The van der Waals surface area contributed by atoms with Gasteiger partial charge < -0.3 is 15.2 Å². The second-order valence-electron chi connectivity index (χ2n) is 5.87. The molecule has 2 N–H and O–H groups in total. The van der Waals surface area contributed by atoms with E-state index < -0.39 is 0 Å². The van der Waals surface area contributed by atoms with Crippen LogP contribution in [0.5, 0.6) is 0 Å². The Morgan fingerprint density at radius 1 is 1.28 bits per heavy atom. The van der Waals surface area contributed by atoms with Gasteiger partial charge in [0.15, 0.2) is 11.8 Å². The van der Waals surface area contributed by atoms with Crippen LogP contribution in [0.2, 0.25) is 5.02 Å². The SMILES string of the molecule is CN=C(NCCc1cccc(Cl)c1)NCc1nnc2n1CCCC2.I. The monoisotopic (exact) mass is 474 g/mol. The molecule has 1 aliphatic heterocycles. The summed E-state index contributed by atoms with van der Waals surface area (Å²) in [6.45, 7) is 2.43. The van der Waals surface area contributed by atoms with Gasteiger partial charge >= 0.3 is 0 Å². The molecule has 1 aromatic heterocycles. The topological polar surface area (TPSA) is 67.1 Å². The molecule has 136 valence electrons. The Balaban J connectivity index is 0.00000225. The zero-order valence-electron chi connectivity index (χ0n) is 14.3. The van der Waals surface area contributed by atoms with Crippen molar-refractivity contribution in [2.45, 2.75) is 38.8 Å². The number of benzene rings is 1. The lowest BCUT2D eigenvalue weighted by molar-refractivity contribution is 0.504. The van der Waals surface area contributed by atoms with Crippen LogP contribution in [-0.2, 0) is 25.9 Å². The number of aliphatic imine (C=N–C) groups is 1. The average Bonchev–Trinajstić information content (AvgIpc) is 3.01. The highest BCUT2D eigenvalue weighted by Gasteiger charge is 2.15. The quantitative estimate of drug-likeness (QED) is 0.397. The van der Waals surface area contributed by atoms with Gasteiger partial charge in [0.05, 0.1) is 6.54 Å². The Morgan fingerprint density at radius 3 is 2.96 bits per heavy atom. The third-order valence-corrected chi connectivity index (χ3v) is 4.40. The van der Waals surface area contributed by atoms with E-state index in [4.69, 9.17) is 11.6 Å². The van der Waals surface area contributed by atoms with Crippen LogP contribution in [0.3, 0.4) is 0 Å². The number of nitrogens with one attached hydrogen (secondary N) is 2. The second-order valence-corrected chi connectivity index (χ2v) is 6.31. The summed E-state index contributed by atoms with van der Waals surface area (Å²) in [6.07, 6.45) is 4.32. The van der Waals surface area contributed by atoms with Gasteiger partial charge in [0.2, 0.25) is 0 Å². The lowest BCUT2D eigenvalue weighted by Crippen LogP contribution is -2.38. The fraction of sp³-hybridized carbons (Fsp3) is 0.471. The van der Waals surface area contributed by atoms with Gasteiger partial charge in [-0.15, -0.1) is 34.2 Å². The second kappa shape index (κ2) is 9.96. The molecular weight excluding hydrogens is 451 g/mol. The maximum Gasteiger partial charge on any atom is 0.191 e. The Labute approximate surface area is 170 Å². The van der Waals surface area contributed by atoms with E-state index in [1.165, 1.54) is 18.4 Å². The van der Waals surface area contributed by atoms with Crippen molar-refractivity contribution in [3.63, 3.8) is 0 Å². The highest BCUT2D eigenvalue weighted by atomic mass is 127. The maximum atomic E-state index is 6.01. The lowest BCUT2D eigenvalue weighted by Gasteiger charge is -2.16. The summed E-state index contributed by atoms with van der Waals surface area (Å²) in [7, 11) is 1.77. The third kappa shape index (κ3) is 5.57. The number of fused-ring (bicyclic) bond motifs is 1. The Kier molecular flexibility index (Phi) is 7.95. The number of hydrogen-bond acceptors (Lipinski definition) is 3. The molecule has 0 radical (unpaired) electrons. The first-order valence-electron chi connectivity index (χ1n) is 8.36. The molecule has 8 heteroatoms. The van der Waals surface area contributed by atoms with Crippen molar-refractivity contribution >= 4 is 41.5 Å². The van der Waals surface area contributed by atoms with Gasteiger partial charge in [-0.05, 0) is 37.0 Å². The molecule has 3 rings (SSSR count). The van der Waals surface area contributed by atoms with Gasteiger partial charge in [-0.2, -0.15) is 0 Å². The molecule has 6 nitrogen and oxygen atoms in total. The van der Waals surface area contributed by atoms with E-state index in [0.717, 1.165) is 48.6 Å². The van der Waals surface area contributed by atoms with Crippen LogP contribution >= 0.6 is 35.6 Å². The van der Waals surface area contributed by atoms with Crippen molar-refractivity contribution in [3.05, 3.63) is 46.5 Å². The molecule has 2 heterocycles. The van der Waals surface area contributed by atoms with Gasteiger partial charge in [-0.25, -0.2) is 0 Å². The van der Waals surface area contributed by atoms with E-state index in [1.54, 1.807) is 7.05 Å². The number of hydrogen-bond donors (Lipinski definition) is 2. The predicted molar refractivity (Wildman–Crippen MR) is 112 cm³/mol. The molecule has 0 spiro atoms. The Bertz CT molecular complexity index is 715. The number of guanidine groups is 1. The third-order valence-electron chi connectivity index (χ3n) is 4.17. The normalized spacial score (nSPS) is 13.8. The number of rotatable bonds is 5. The van der Waals surface area contributed by atoms with Crippen molar-refractivity contribution in [3.8, 4) is 0 Å². The van der Waals surface area contributed by atoms with Crippen molar-refractivity contribution < 1.29 is 0 Å². The maximum absolute atomic E-state index is 6.01. The van der Waals surface area contributed by atoms with E-state index in [1.807, 2.05) is 18.2 Å². The highest BCUT2D eigenvalue weighted by molar-refractivity contribution is 14.0. The molecule has 0 aliphatic carbocycles. The van der Waals surface area contributed by atoms with Crippen LogP contribution in [0.4, 0.5) is 0 Å². The van der Waals surface area contributed by atoms with Crippen LogP contribution in [-0.4, -0.2) is 34.3 Å². The molecule has 0 saturated carbocycles. The van der Waals surface area contributed by atoms with Crippen molar-refractivity contribution in [2.75, 3.05) is 13.6 Å². The van der Waals surface area contributed by atoms with Crippen LogP contribution in [0, 0.1) is 0 Å². The zero-order valence-corrected chi connectivity index (χ0v) is 17.4. The molecule has 0 saturated heterocycles. The first-order chi connectivity index (χ1) is 11.8. The number of halogens is 2. The number of nitrogens with zero attached hydrogens (tertiary/aromatic N) is 4. The van der Waals surface area contributed by atoms with Crippen molar-refractivity contribution in [1.82, 2.24) is 25.4 Å². The van der Waals surface area contributed by atoms with Crippen molar-refractivity contribution in [2.24, 2.45) is 4.99 Å². The van der Waals surface area contributed by atoms with E-state index in [9.17, 15) is 0 Å². The highest BCUT2D eigenvalue weighted by Crippen LogP contribution is 2.14. The van der Waals surface area contributed by atoms with E-state index >= 15 is 0 Å². The van der Waals surface area contributed by atoms with E-state index in [2.05, 4.69) is 36.5 Å². The molecule has 0 atom stereocenters. The summed E-state index contributed by atoms with van der Waals surface area (Å²) in [5.74, 6) is 2.84. The van der Waals surface area contributed by atoms with E-state index in [0.29, 0.717) is 6.54 Å². The molecule has 1 aliphatic rings. The first-order valence-corrected chi connectivity index (χ1v) is 8.74. The smallest absolute Gasteiger partial charge is 0.191 e. The fourth-order valence-corrected chi connectivity index (χ4v) is 3.11. The van der Waals surface area contributed by atoms with Gasteiger partial charge in [-0.1, -0.05) is 23.7 Å².